The average Bonchev–Trinajstić information content (AvgIpc) is 2.62. The Morgan fingerprint density at radius 1 is 0.833 bits per heavy atom. The highest BCUT2D eigenvalue weighted by Crippen LogP contribution is 2.05. The molecular formula is C12H24. The van der Waals surface area contributed by atoms with Crippen molar-refractivity contribution in [1.82, 2.24) is 0 Å². The molecule has 0 bridgehead atoms. The first-order valence-electron chi connectivity index (χ1n) is 5.56. The minimum atomic E-state index is 1.32. The summed E-state index contributed by atoms with van der Waals surface area (Å²) in [4.78, 5) is 0. The summed E-state index contributed by atoms with van der Waals surface area (Å²) in [6.45, 7) is 4.49. The van der Waals surface area contributed by atoms with Crippen molar-refractivity contribution in [2.45, 2.75) is 65.2 Å². The summed E-state index contributed by atoms with van der Waals surface area (Å²) in [6, 6.07) is 0. The molecule has 0 unspecified atom stereocenters. The van der Waals surface area contributed by atoms with Gasteiger partial charge < -0.3 is 0 Å². The van der Waals surface area contributed by atoms with Gasteiger partial charge in [0.15, 0.2) is 0 Å². The van der Waals surface area contributed by atoms with Gasteiger partial charge in [-0.25, -0.2) is 0 Å². The van der Waals surface area contributed by atoms with Gasteiger partial charge in [0.25, 0.3) is 0 Å². The van der Waals surface area contributed by atoms with E-state index in [2.05, 4.69) is 26.0 Å². The van der Waals surface area contributed by atoms with Crippen LogP contribution < -0.4 is 0 Å². The van der Waals surface area contributed by atoms with Crippen molar-refractivity contribution >= 4 is 0 Å². The molecular weight excluding hydrogens is 144 g/mol. The Labute approximate surface area is 78.1 Å². The standard InChI is InChI=1S/C7H16.C5H8/c1-3-5-7-6-4-2;1-2-4-5-3-1/h3-7H2,1-2H3;1-2H,3-5H2. The van der Waals surface area contributed by atoms with Gasteiger partial charge in [0, 0.05) is 0 Å². The number of hydrogen-bond donors (Lipinski definition) is 0. The molecule has 0 N–H and O–H groups in total. The molecule has 0 aromatic rings. The lowest BCUT2D eigenvalue weighted by Gasteiger charge is -1.90. The van der Waals surface area contributed by atoms with Crippen LogP contribution in [0.5, 0.6) is 0 Å². The second-order valence-electron chi connectivity index (χ2n) is 3.46. The van der Waals surface area contributed by atoms with Gasteiger partial charge >= 0.3 is 0 Å². The summed E-state index contributed by atoms with van der Waals surface area (Å²) < 4.78 is 0. The molecule has 0 amide bonds. The average molecular weight is 168 g/mol. The van der Waals surface area contributed by atoms with Gasteiger partial charge in [0.2, 0.25) is 0 Å². The van der Waals surface area contributed by atoms with Gasteiger partial charge in [-0.1, -0.05) is 58.1 Å². The van der Waals surface area contributed by atoms with Crippen LogP contribution in [0.4, 0.5) is 0 Å². The third-order valence-electron chi connectivity index (χ3n) is 2.12. The van der Waals surface area contributed by atoms with E-state index in [1.807, 2.05) is 0 Å². The molecule has 0 nitrogen and oxygen atoms in total. The van der Waals surface area contributed by atoms with Crippen LogP contribution in [0.1, 0.15) is 65.2 Å². The minimum absolute atomic E-state index is 1.32. The Balaban J connectivity index is 0.000000211. The predicted octanol–water partition coefficient (Wildman–Crippen LogP) is 4.70. The third kappa shape index (κ3) is 9.74. The summed E-state index contributed by atoms with van der Waals surface area (Å²) in [5, 5.41) is 0. The van der Waals surface area contributed by atoms with Crippen LogP contribution in [0, 0.1) is 0 Å². The molecule has 1 aliphatic rings. The zero-order chi connectivity index (χ0) is 9.07. The van der Waals surface area contributed by atoms with Crippen molar-refractivity contribution in [3.8, 4) is 0 Å². The molecule has 0 aliphatic heterocycles. The van der Waals surface area contributed by atoms with Gasteiger partial charge in [-0.05, 0) is 19.3 Å². The third-order valence-corrected chi connectivity index (χ3v) is 2.12. The SMILES string of the molecule is C1=CCCC1.CCCCCCC. The number of allylic oxidation sites excluding steroid dienone is 2. The Morgan fingerprint density at radius 2 is 1.33 bits per heavy atom. The number of rotatable bonds is 4. The van der Waals surface area contributed by atoms with Crippen molar-refractivity contribution < 1.29 is 0 Å². The van der Waals surface area contributed by atoms with E-state index in [9.17, 15) is 0 Å². The highest BCUT2D eigenvalue weighted by molar-refractivity contribution is 4.88. The summed E-state index contributed by atoms with van der Waals surface area (Å²) in [6.07, 6.45) is 15.5. The molecule has 0 fully saturated rings. The number of unbranched alkanes of at least 4 members (excludes halogenated alkanes) is 4. The van der Waals surface area contributed by atoms with Gasteiger partial charge in [-0.15, -0.1) is 0 Å². The molecule has 0 saturated carbocycles. The molecule has 0 radical (unpaired) electrons. The lowest BCUT2D eigenvalue weighted by Crippen LogP contribution is -1.70. The molecule has 0 heteroatoms. The molecule has 0 spiro atoms. The van der Waals surface area contributed by atoms with Gasteiger partial charge in [-0.3, -0.25) is 0 Å². The Kier molecular flexibility index (Phi) is 10.5. The zero-order valence-electron chi connectivity index (χ0n) is 8.81. The largest absolute Gasteiger partial charge is 0.0885 e. The van der Waals surface area contributed by atoms with E-state index < -0.39 is 0 Å². The molecule has 1 rings (SSSR count). The second kappa shape index (κ2) is 10.7. The van der Waals surface area contributed by atoms with Crippen molar-refractivity contribution in [3.63, 3.8) is 0 Å². The second-order valence-corrected chi connectivity index (χ2v) is 3.46. The van der Waals surface area contributed by atoms with Crippen LogP contribution in [0.25, 0.3) is 0 Å². The van der Waals surface area contributed by atoms with E-state index in [1.54, 1.807) is 0 Å². The van der Waals surface area contributed by atoms with E-state index in [-0.39, 0.29) is 0 Å². The van der Waals surface area contributed by atoms with E-state index in [4.69, 9.17) is 0 Å². The van der Waals surface area contributed by atoms with Crippen molar-refractivity contribution in [1.29, 1.82) is 0 Å². The highest BCUT2D eigenvalue weighted by atomic mass is 13.9. The minimum Gasteiger partial charge on any atom is -0.0885 e. The maximum Gasteiger partial charge on any atom is -0.0348 e. The first-order valence-corrected chi connectivity index (χ1v) is 5.56. The van der Waals surface area contributed by atoms with Gasteiger partial charge in [-0.2, -0.15) is 0 Å². The molecule has 0 saturated heterocycles. The fraction of sp³-hybridized carbons (Fsp3) is 0.833. The van der Waals surface area contributed by atoms with Crippen LogP contribution in [0.15, 0.2) is 12.2 Å². The Hall–Kier alpha value is -0.260. The Bertz CT molecular complexity index is 82.2. The zero-order valence-corrected chi connectivity index (χ0v) is 8.81. The molecule has 72 valence electrons. The van der Waals surface area contributed by atoms with Crippen LogP contribution in [0.3, 0.4) is 0 Å². The number of hydrogen-bond acceptors (Lipinski definition) is 0. The highest BCUT2D eigenvalue weighted by Gasteiger charge is 1.84. The van der Waals surface area contributed by atoms with Crippen molar-refractivity contribution in [3.05, 3.63) is 12.2 Å². The first kappa shape index (κ1) is 11.7. The quantitative estimate of drug-likeness (QED) is 0.421. The fourth-order valence-electron chi connectivity index (χ4n) is 1.27. The van der Waals surface area contributed by atoms with Crippen LogP contribution in [-0.4, -0.2) is 0 Å². The summed E-state index contributed by atoms with van der Waals surface area (Å²) in [7, 11) is 0. The van der Waals surface area contributed by atoms with Gasteiger partial charge in [0.1, 0.15) is 0 Å². The topological polar surface area (TPSA) is 0 Å². The maximum absolute atomic E-state index is 2.25. The molecule has 0 aromatic carbocycles. The van der Waals surface area contributed by atoms with E-state index in [0.29, 0.717) is 0 Å². The van der Waals surface area contributed by atoms with Crippen LogP contribution in [-0.2, 0) is 0 Å². The molecule has 0 atom stereocenters. The monoisotopic (exact) mass is 168 g/mol. The smallest absolute Gasteiger partial charge is 0.0348 e. The molecule has 1 aliphatic carbocycles. The predicted molar refractivity (Wildman–Crippen MR) is 57.4 cm³/mol. The van der Waals surface area contributed by atoms with Gasteiger partial charge in [0.05, 0.1) is 0 Å². The Morgan fingerprint density at radius 3 is 1.58 bits per heavy atom. The normalized spacial score (nSPS) is 14.2. The summed E-state index contributed by atoms with van der Waals surface area (Å²) >= 11 is 0. The summed E-state index contributed by atoms with van der Waals surface area (Å²) in [5.41, 5.74) is 0. The van der Waals surface area contributed by atoms with E-state index >= 15 is 0 Å². The lowest BCUT2D eigenvalue weighted by molar-refractivity contribution is 0.656. The lowest BCUT2D eigenvalue weighted by atomic mass is 10.2. The molecule has 0 heterocycles. The van der Waals surface area contributed by atoms with Crippen LogP contribution in [0.2, 0.25) is 0 Å². The maximum atomic E-state index is 2.25. The fourth-order valence-corrected chi connectivity index (χ4v) is 1.27. The van der Waals surface area contributed by atoms with Crippen molar-refractivity contribution in [2.24, 2.45) is 0 Å². The molecule has 12 heavy (non-hydrogen) atoms. The van der Waals surface area contributed by atoms with Crippen molar-refractivity contribution in [2.75, 3.05) is 0 Å². The van der Waals surface area contributed by atoms with E-state index in [0.717, 1.165) is 0 Å². The summed E-state index contributed by atoms with van der Waals surface area (Å²) in [5.74, 6) is 0. The first-order chi connectivity index (χ1) is 5.91. The van der Waals surface area contributed by atoms with Crippen LogP contribution >= 0.6 is 0 Å². The van der Waals surface area contributed by atoms with E-state index in [1.165, 1.54) is 51.4 Å². The molecule has 0 aromatic heterocycles.